The van der Waals surface area contributed by atoms with Gasteiger partial charge in [-0.05, 0) is 37.5 Å². The number of anilines is 1. The Balaban J connectivity index is 1.64. The van der Waals surface area contributed by atoms with E-state index < -0.39 is 0 Å². The molecule has 0 saturated heterocycles. The minimum atomic E-state index is -0.0919. The van der Waals surface area contributed by atoms with Gasteiger partial charge in [0.1, 0.15) is 5.01 Å². The minimum Gasteiger partial charge on any atom is -0.369 e. The zero-order valence-electron chi connectivity index (χ0n) is 13.2. The Morgan fingerprint density at radius 1 is 1.35 bits per heavy atom. The number of hydrogen-bond donors (Lipinski definition) is 0. The van der Waals surface area contributed by atoms with E-state index in [1.54, 1.807) is 17.4 Å². The van der Waals surface area contributed by atoms with Crippen molar-refractivity contribution in [3.05, 3.63) is 57.0 Å². The highest BCUT2D eigenvalue weighted by Gasteiger charge is 2.28. The van der Waals surface area contributed by atoms with Gasteiger partial charge in [-0.25, -0.2) is 4.98 Å². The summed E-state index contributed by atoms with van der Waals surface area (Å²) >= 11 is 1.54. The summed E-state index contributed by atoms with van der Waals surface area (Å²) in [5.74, 6) is 0.541. The normalized spacial score (nSPS) is 14.3. The molecule has 1 aliphatic rings. The smallest absolute Gasteiger partial charge is 0.275 e. The van der Waals surface area contributed by atoms with E-state index in [1.165, 1.54) is 22.9 Å². The summed E-state index contributed by atoms with van der Waals surface area (Å²) in [6.45, 7) is 2.68. The van der Waals surface area contributed by atoms with Gasteiger partial charge in [0.15, 0.2) is 0 Å². The SMILES string of the molecule is Cc1cccc(N(C)Cc2cc(=O)n3nc(C4CC4)sc3n2)c1. The van der Waals surface area contributed by atoms with Gasteiger partial charge in [-0.1, -0.05) is 23.5 Å². The topological polar surface area (TPSA) is 50.5 Å². The zero-order valence-corrected chi connectivity index (χ0v) is 14.0. The van der Waals surface area contributed by atoms with E-state index in [-0.39, 0.29) is 5.56 Å². The molecule has 1 saturated carbocycles. The monoisotopic (exact) mass is 326 g/mol. The molecule has 2 heterocycles. The summed E-state index contributed by atoms with van der Waals surface area (Å²) in [5.41, 5.74) is 3.03. The maximum Gasteiger partial charge on any atom is 0.275 e. The number of aryl methyl sites for hydroxylation is 1. The molecule has 0 radical (unpaired) electrons. The van der Waals surface area contributed by atoms with Crippen molar-refractivity contribution in [2.45, 2.75) is 32.2 Å². The molecule has 1 aromatic carbocycles. The number of aromatic nitrogens is 3. The third kappa shape index (κ3) is 2.86. The van der Waals surface area contributed by atoms with Crippen LogP contribution in [0.4, 0.5) is 5.69 Å². The lowest BCUT2D eigenvalue weighted by Gasteiger charge is -2.19. The van der Waals surface area contributed by atoms with E-state index in [4.69, 9.17) is 0 Å². The van der Waals surface area contributed by atoms with Crippen molar-refractivity contribution in [2.75, 3.05) is 11.9 Å². The van der Waals surface area contributed by atoms with Crippen molar-refractivity contribution < 1.29 is 0 Å². The van der Waals surface area contributed by atoms with Crippen LogP contribution in [0.25, 0.3) is 4.96 Å². The molecule has 1 fully saturated rings. The minimum absolute atomic E-state index is 0.0919. The number of fused-ring (bicyclic) bond motifs is 1. The second-order valence-corrected chi connectivity index (χ2v) is 7.18. The van der Waals surface area contributed by atoms with Gasteiger partial charge in [-0.15, -0.1) is 0 Å². The molecular formula is C17H18N4OS. The molecule has 0 unspecified atom stereocenters. The second-order valence-electron chi connectivity index (χ2n) is 6.19. The van der Waals surface area contributed by atoms with E-state index in [0.29, 0.717) is 17.4 Å². The zero-order chi connectivity index (χ0) is 16.0. The predicted octanol–water partition coefficient (Wildman–Crippen LogP) is 2.97. The molecule has 0 spiro atoms. The Bertz CT molecular complexity index is 926. The summed E-state index contributed by atoms with van der Waals surface area (Å²) in [5, 5.41) is 5.45. The van der Waals surface area contributed by atoms with Crippen LogP contribution in [0.3, 0.4) is 0 Å². The fourth-order valence-corrected chi connectivity index (χ4v) is 3.74. The van der Waals surface area contributed by atoms with Gasteiger partial charge in [-0.2, -0.15) is 9.61 Å². The molecule has 1 aliphatic carbocycles. The maximum atomic E-state index is 12.3. The van der Waals surface area contributed by atoms with E-state index in [0.717, 1.165) is 16.4 Å². The third-order valence-electron chi connectivity index (χ3n) is 4.08. The van der Waals surface area contributed by atoms with Crippen molar-refractivity contribution in [3.63, 3.8) is 0 Å². The quantitative estimate of drug-likeness (QED) is 0.739. The number of nitrogens with zero attached hydrogens (tertiary/aromatic N) is 4. The lowest BCUT2D eigenvalue weighted by Crippen LogP contribution is -2.21. The van der Waals surface area contributed by atoms with Crippen LogP contribution in [0.1, 0.15) is 35.0 Å². The second kappa shape index (κ2) is 5.45. The van der Waals surface area contributed by atoms with Crippen molar-refractivity contribution >= 4 is 22.0 Å². The fourth-order valence-electron chi connectivity index (χ4n) is 2.65. The van der Waals surface area contributed by atoms with Crippen LogP contribution in [-0.4, -0.2) is 21.6 Å². The van der Waals surface area contributed by atoms with Gasteiger partial charge in [0.05, 0.1) is 12.2 Å². The summed E-state index contributed by atoms with van der Waals surface area (Å²) in [4.78, 5) is 19.7. The molecule has 2 aromatic heterocycles. The Kier molecular flexibility index (Phi) is 3.41. The first-order chi connectivity index (χ1) is 11.1. The van der Waals surface area contributed by atoms with Gasteiger partial charge in [0.25, 0.3) is 5.56 Å². The van der Waals surface area contributed by atoms with Crippen LogP contribution in [0, 0.1) is 6.92 Å². The molecule has 0 N–H and O–H groups in total. The molecule has 0 atom stereocenters. The Labute approximate surface area is 138 Å². The summed E-state index contributed by atoms with van der Waals surface area (Å²) in [6, 6.07) is 9.90. The molecular weight excluding hydrogens is 308 g/mol. The van der Waals surface area contributed by atoms with Crippen LogP contribution >= 0.6 is 11.3 Å². The Morgan fingerprint density at radius 3 is 2.91 bits per heavy atom. The van der Waals surface area contributed by atoms with Crippen molar-refractivity contribution in [1.29, 1.82) is 0 Å². The van der Waals surface area contributed by atoms with Gasteiger partial charge in [0, 0.05) is 24.7 Å². The lowest BCUT2D eigenvalue weighted by atomic mass is 10.2. The third-order valence-corrected chi connectivity index (χ3v) is 5.15. The first kappa shape index (κ1) is 14.4. The van der Waals surface area contributed by atoms with Crippen molar-refractivity contribution in [3.8, 4) is 0 Å². The van der Waals surface area contributed by atoms with Crippen LogP contribution in [-0.2, 0) is 6.54 Å². The van der Waals surface area contributed by atoms with Crippen molar-refractivity contribution in [2.24, 2.45) is 0 Å². The molecule has 6 heteroatoms. The summed E-state index contributed by atoms with van der Waals surface area (Å²) in [7, 11) is 2.01. The van der Waals surface area contributed by atoms with E-state index >= 15 is 0 Å². The van der Waals surface area contributed by atoms with Crippen molar-refractivity contribution in [1.82, 2.24) is 14.6 Å². The standard InChI is InChI=1S/C17H18N4OS/c1-11-4-3-5-14(8-11)20(2)10-13-9-15(22)21-17(18-13)23-16(19-21)12-6-7-12/h3-5,8-9,12H,6-7,10H2,1-2H3. The molecule has 118 valence electrons. The largest absolute Gasteiger partial charge is 0.369 e. The van der Waals surface area contributed by atoms with Crippen LogP contribution in [0.5, 0.6) is 0 Å². The average Bonchev–Trinajstić information content (AvgIpc) is 3.27. The highest BCUT2D eigenvalue weighted by Crippen LogP contribution is 2.41. The number of rotatable bonds is 4. The Hall–Kier alpha value is -2.21. The Morgan fingerprint density at radius 2 is 2.17 bits per heavy atom. The molecule has 0 amide bonds. The first-order valence-electron chi connectivity index (χ1n) is 7.77. The fraction of sp³-hybridized carbons (Fsp3) is 0.353. The van der Waals surface area contributed by atoms with E-state index in [9.17, 15) is 4.79 Å². The number of benzene rings is 1. The molecule has 3 aromatic rings. The number of hydrogen-bond acceptors (Lipinski definition) is 5. The summed E-state index contributed by atoms with van der Waals surface area (Å²) in [6.07, 6.45) is 2.36. The predicted molar refractivity (Wildman–Crippen MR) is 92.4 cm³/mol. The van der Waals surface area contributed by atoms with E-state index in [2.05, 4.69) is 40.1 Å². The summed E-state index contributed by atoms with van der Waals surface area (Å²) < 4.78 is 1.44. The van der Waals surface area contributed by atoms with Gasteiger partial charge >= 0.3 is 0 Å². The molecule has 4 rings (SSSR count). The average molecular weight is 326 g/mol. The molecule has 0 aliphatic heterocycles. The maximum absolute atomic E-state index is 12.3. The highest BCUT2D eigenvalue weighted by molar-refractivity contribution is 7.16. The van der Waals surface area contributed by atoms with Gasteiger partial charge < -0.3 is 4.90 Å². The molecule has 23 heavy (non-hydrogen) atoms. The van der Waals surface area contributed by atoms with Crippen LogP contribution in [0.15, 0.2) is 35.1 Å². The molecule has 0 bridgehead atoms. The molecule has 5 nitrogen and oxygen atoms in total. The highest BCUT2D eigenvalue weighted by atomic mass is 32.1. The van der Waals surface area contributed by atoms with Gasteiger partial charge in [0.2, 0.25) is 4.96 Å². The first-order valence-corrected chi connectivity index (χ1v) is 8.59. The van der Waals surface area contributed by atoms with Crippen LogP contribution in [0.2, 0.25) is 0 Å². The lowest BCUT2D eigenvalue weighted by molar-refractivity contribution is 0.823. The van der Waals surface area contributed by atoms with Crippen LogP contribution < -0.4 is 10.5 Å². The van der Waals surface area contributed by atoms with Gasteiger partial charge in [-0.3, -0.25) is 4.79 Å². The van der Waals surface area contributed by atoms with E-state index in [1.807, 2.05) is 13.1 Å².